The Morgan fingerprint density at radius 3 is 0.841 bits per heavy atom. The van der Waals surface area contributed by atoms with Crippen LogP contribution < -0.4 is 58.8 Å². The molecule has 0 unspecified atom stereocenters. The molecule has 12 rings (SSSR count). The second-order valence-electron chi connectivity index (χ2n) is 23.2. The van der Waals surface area contributed by atoms with Crippen LogP contribution in [0.15, 0.2) is 243 Å². The van der Waals surface area contributed by atoms with Gasteiger partial charge in [-0.15, -0.1) is 0 Å². The van der Waals surface area contributed by atoms with E-state index in [1.165, 1.54) is 67.0 Å². The van der Waals surface area contributed by atoms with Gasteiger partial charge in [-0.2, -0.15) is 0 Å². The zero-order chi connectivity index (χ0) is 55.3. The van der Waals surface area contributed by atoms with Gasteiger partial charge in [0.15, 0.2) is 0 Å². The molecule has 8 heteroatoms. The van der Waals surface area contributed by atoms with Crippen molar-refractivity contribution in [2.24, 2.45) is 0 Å². The predicted octanol–water partition coefficient (Wildman–Crippen LogP) is 8.63. The molecule has 0 heterocycles. The molecule has 10 aromatic rings. The molecule has 2 N–H and O–H groups in total. The summed E-state index contributed by atoms with van der Waals surface area (Å²) < 4.78 is 12.4. The van der Waals surface area contributed by atoms with Crippen molar-refractivity contribution >= 4 is 50.7 Å². The Bertz CT molecular complexity index is 3350. The fraction of sp³-hybridized carbons (Fsp3) is 0.189. The zero-order valence-electron chi connectivity index (χ0n) is 48.7. The summed E-state index contributed by atoms with van der Waals surface area (Å²) in [6, 6.07) is 92.3. The molecule has 0 atom stereocenters. The molecule has 2 aliphatic rings. The van der Waals surface area contributed by atoms with Crippen LogP contribution in [0.2, 0.25) is 0 Å². The topological polar surface area (TPSA) is 24.1 Å². The van der Waals surface area contributed by atoms with Gasteiger partial charge >= 0.3 is 500 Å². The molecular formula is C74H76Cl2Hf2N2Si2. The van der Waals surface area contributed by atoms with Gasteiger partial charge in [-0.05, 0) is 0 Å². The maximum absolute atomic E-state index is 4.52. The van der Waals surface area contributed by atoms with Crippen LogP contribution in [0.3, 0.4) is 0 Å². The second kappa shape index (κ2) is 28.0. The maximum Gasteiger partial charge on any atom is -1.00 e. The standard InChI is InChI=1S/2C13H9.2C12H18N.2C12H11Si.2ClH.2Hf/c2*1-3-7-12-10(5-1)9-11-6-2-4-8-13(11)12;2*1-8(2)10-6-5-7-11(9(3)4)12(10)13;2*1-3-7-11(8-4-1)13-12-9-5-2-6-10-12;;;;/h2*1-5,7-8H,9H2;2*5-9,13H,1-4H3;2*1-10,13H;2*1H;;/q;;2*-1;;;;;2*+2/p-2. The molecular weight excluding hydrogens is 1400 g/mol. The minimum absolute atomic E-state index is 0. The Kier molecular flexibility index (Phi) is 20.8. The van der Waals surface area contributed by atoms with Crippen molar-refractivity contribution in [3.8, 4) is 22.3 Å². The summed E-state index contributed by atoms with van der Waals surface area (Å²) in [7, 11) is 0. The molecule has 2 aliphatic carbocycles. The van der Waals surface area contributed by atoms with Gasteiger partial charge in [0, 0.05) is 0 Å². The fourth-order valence-electron chi connectivity index (χ4n) is 12.7. The molecule has 82 heavy (non-hydrogen) atoms. The third kappa shape index (κ3) is 12.9. The summed E-state index contributed by atoms with van der Waals surface area (Å²) in [6.07, 6.45) is 2.09. The van der Waals surface area contributed by atoms with Crippen LogP contribution in [0.4, 0.5) is 11.4 Å². The van der Waals surface area contributed by atoms with Crippen molar-refractivity contribution in [2.45, 2.75) is 91.9 Å². The molecule has 0 amide bonds. The minimum Gasteiger partial charge on any atom is -1.00 e. The number of benzene rings is 10. The number of halogens is 2. The average Bonchev–Trinajstić information content (AvgIpc) is 4.10. The average molecular weight is 1480 g/mol. The van der Waals surface area contributed by atoms with Crippen LogP contribution in [0.5, 0.6) is 0 Å². The molecule has 10 aromatic carbocycles. The molecule has 0 spiro atoms. The molecule has 412 valence electrons. The van der Waals surface area contributed by atoms with Gasteiger partial charge in [-0.3, -0.25) is 0 Å². The molecule has 0 aliphatic heterocycles. The third-order valence-corrected chi connectivity index (χ3v) is 67.6. The van der Waals surface area contributed by atoms with Gasteiger partial charge in [0.1, 0.15) is 0 Å². The third-order valence-electron chi connectivity index (χ3n) is 16.7. The Hall–Kier alpha value is -5.45. The van der Waals surface area contributed by atoms with Crippen molar-refractivity contribution in [1.82, 2.24) is 0 Å². The summed E-state index contributed by atoms with van der Waals surface area (Å²) in [4.78, 5) is 0. The van der Waals surface area contributed by atoms with E-state index >= 15 is 0 Å². The first kappa shape index (κ1) is 61.1. The fourth-order valence-corrected chi connectivity index (χ4v) is 68.3. The van der Waals surface area contributed by atoms with Crippen LogP contribution in [-0.2, 0) is 54.6 Å². The van der Waals surface area contributed by atoms with E-state index in [4.69, 9.17) is 0 Å². The Labute approximate surface area is 520 Å². The summed E-state index contributed by atoms with van der Waals surface area (Å²) in [5.41, 5.74) is 20.5. The monoisotopic (exact) mass is 1480 g/mol. The summed E-state index contributed by atoms with van der Waals surface area (Å²) >= 11 is -5.76. The quantitative estimate of drug-likeness (QED) is 0.0949. The Balaban J connectivity index is 0.000000193. The second-order valence-corrected chi connectivity index (χ2v) is 61.1. The molecule has 0 aromatic heterocycles. The molecule has 0 fully saturated rings. The SMILES string of the molecule is CC(C)c1cccc(C(C)C)c1[NH][Hf+]([c]1cccc2c1Cc1ccccc1-2)[SiH](c1ccccc1)c1ccccc1.CC(C)c1cccc(C(C)C)c1[NH][Hf+]([c]1cccc2c1Cc1ccccc1-2)[SiH](c1ccccc1)c1ccccc1.[Cl-].[Cl-]. The Morgan fingerprint density at radius 1 is 0.293 bits per heavy atom. The van der Waals surface area contributed by atoms with E-state index in [0.717, 1.165) is 12.8 Å². The minimum atomic E-state index is -2.88. The van der Waals surface area contributed by atoms with Crippen molar-refractivity contribution in [2.75, 3.05) is 6.61 Å². The van der Waals surface area contributed by atoms with Crippen LogP contribution in [0.25, 0.3) is 22.3 Å². The van der Waals surface area contributed by atoms with E-state index < -0.39 is 53.8 Å². The van der Waals surface area contributed by atoms with Crippen LogP contribution in [0.1, 0.15) is 124 Å². The van der Waals surface area contributed by atoms with Gasteiger partial charge in [-0.1, -0.05) is 0 Å². The van der Waals surface area contributed by atoms with Gasteiger partial charge < -0.3 is 24.8 Å². The smallest absolute Gasteiger partial charge is 1.00 e. The van der Waals surface area contributed by atoms with Gasteiger partial charge in [0.05, 0.1) is 0 Å². The number of para-hydroxylation sites is 2. The van der Waals surface area contributed by atoms with Crippen molar-refractivity contribution in [1.29, 1.82) is 0 Å². The van der Waals surface area contributed by atoms with Gasteiger partial charge in [-0.25, -0.2) is 0 Å². The summed E-state index contributed by atoms with van der Waals surface area (Å²) in [6.45, 7) is 18.7. The van der Waals surface area contributed by atoms with E-state index in [1.807, 2.05) is 0 Å². The first-order valence-electron chi connectivity index (χ1n) is 29.2. The molecule has 2 nitrogen and oxygen atoms in total. The first-order chi connectivity index (χ1) is 39.0. The van der Waals surface area contributed by atoms with Gasteiger partial charge in [0.25, 0.3) is 0 Å². The van der Waals surface area contributed by atoms with E-state index in [1.54, 1.807) is 38.5 Å². The number of rotatable bonds is 16. The van der Waals surface area contributed by atoms with E-state index in [2.05, 4.69) is 305 Å². The summed E-state index contributed by atoms with van der Waals surface area (Å²) in [5, 5.41) is 6.24. The van der Waals surface area contributed by atoms with Crippen LogP contribution >= 0.6 is 0 Å². The zero-order valence-corrected chi connectivity index (χ0v) is 59.7. The van der Waals surface area contributed by atoms with Crippen molar-refractivity contribution in [3.05, 3.63) is 287 Å². The van der Waals surface area contributed by atoms with Crippen LogP contribution in [0, 0.1) is 0 Å². The van der Waals surface area contributed by atoms with Gasteiger partial charge in [0.2, 0.25) is 0 Å². The predicted molar refractivity (Wildman–Crippen MR) is 344 cm³/mol. The first-order valence-corrected chi connectivity index (χ1v) is 52.3. The van der Waals surface area contributed by atoms with Crippen molar-refractivity contribution in [3.63, 3.8) is 0 Å². The van der Waals surface area contributed by atoms with Crippen LogP contribution in [-0.4, -0.2) is 12.0 Å². The summed E-state index contributed by atoms with van der Waals surface area (Å²) in [5.74, 6) is -1.33. The number of hydrogen-bond donors (Lipinski definition) is 2. The van der Waals surface area contributed by atoms with E-state index in [-0.39, 0.29) is 24.8 Å². The molecule has 0 saturated carbocycles. The Morgan fingerprint density at radius 2 is 0.549 bits per heavy atom. The normalized spacial score (nSPS) is 11.8. The maximum atomic E-state index is 4.52. The van der Waals surface area contributed by atoms with Crippen molar-refractivity contribution < 1.29 is 66.6 Å². The molecule has 0 saturated heterocycles. The number of hydrogen-bond acceptors (Lipinski definition) is 2. The molecule has 0 radical (unpaired) electrons. The molecule has 0 bridgehead atoms. The largest absolute Gasteiger partial charge is 1.00 e. The number of anilines is 2. The number of nitrogens with one attached hydrogen (secondary N) is 2. The number of fused-ring (bicyclic) bond motifs is 6. The van der Waals surface area contributed by atoms with E-state index in [0.29, 0.717) is 23.7 Å². The van der Waals surface area contributed by atoms with E-state index in [9.17, 15) is 0 Å².